The van der Waals surface area contributed by atoms with E-state index in [1.54, 1.807) is 11.1 Å². The summed E-state index contributed by atoms with van der Waals surface area (Å²) in [4.78, 5) is 0. The highest BCUT2D eigenvalue weighted by molar-refractivity contribution is 5.38. The fraction of sp³-hybridized carbons (Fsp3) is 0.684. The first-order chi connectivity index (χ1) is 9.58. The Bertz CT molecular complexity index is 433. The molecule has 20 heavy (non-hydrogen) atoms. The average Bonchev–Trinajstić information content (AvgIpc) is 2.66. The summed E-state index contributed by atoms with van der Waals surface area (Å²) in [7, 11) is 0. The van der Waals surface area contributed by atoms with Crippen molar-refractivity contribution in [1.29, 1.82) is 0 Å². The highest BCUT2D eigenvalue weighted by atomic mass is 14.9. The van der Waals surface area contributed by atoms with Crippen molar-refractivity contribution in [2.24, 2.45) is 0 Å². The number of aryl methyl sites for hydroxylation is 1. The monoisotopic (exact) mass is 273 g/mol. The highest BCUT2D eigenvalue weighted by Crippen LogP contribution is 2.34. The van der Waals surface area contributed by atoms with Crippen LogP contribution in [0.5, 0.6) is 0 Å². The van der Waals surface area contributed by atoms with Crippen LogP contribution in [0.4, 0.5) is 0 Å². The van der Waals surface area contributed by atoms with Gasteiger partial charge in [-0.3, -0.25) is 0 Å². The van der Waals surface area contributed by atoms with Gasteiger partial charge in [0.05, 0.1) is 0 Å². The molecule has 0 heterocycles. The normalized spacial score (nSPS) is 19.5. The van der Waals surface area contributed by atoms with E-state index >= 15 is 0 Å². The van der Waals surface area contributed by atoms with Crippen LogP contribution in [0.1, 0.15) is 82.5 Å². The lowest BCUT2D eigenvalue weighted by Gasteiger charge is -2.27. The maximum Gasteiger partial charge on any atom is 0.0323 e. The molecule has 1 heteroatoms. The van der Waals surface area contributed by atoms with Gasteiger partial charge >= 0.3 is 0 Å². The molecule has 0 aliphatic heterocycles. The third-order valence-corrected chi connectivity index (χ3v) is 5.02. The summed E-state index contributed by atoms with van der Waals surface area (Å²) in [5.74, 6) is 0. The van der Waals surface area contributed by atoms with Crippen LogP contribution in [0.15, 0.2) is 18.2 Å². The van der Waals surface area contributed by atoms with E-state index in [9.17, 15) is 0 Å². The van der Waals surface area contributed by atoms with Crippen LogP contribution in [0.3, 0.4) is 0 Å². The van der Waals surface area contributed by atoms with Crippen molar-refractivity contribution in [2.75, 3.05) is 6.54 Å². The number of hydrogen-bond acceptors (Lipinski definition) is 1. The molecule has 1 unspecified atom stereocenters. The largest absolute Gasteiger partial charge is 0.310 e. The Morgan fingerprint density at radius 3 is 2.70 bits per heavy atom. The Hall–Kier alpha value is -0.820. The topological polar surface area (TPSA) is 12.0 Å². The minimum absolute atomic E-state index is 0.288. The van der Waals surface area contributed by atoms with Crippen molar-refractivity contribution in [2.45, 2.75) is 77.7 Å². The first kappa shape index (κ1) is 15.6. The summed E-state index contributed by atoms with van der Waals surface area (Å²) in [6.07, 6.45) is 7.65. The van der Waals surface area contributed by atoms with Crippen molar-refractivity contribution in [3.63, 3.8) is 0 Å². The smallest absolute Gasteiger partial charge is 0.0323 e. The van der Waals surface area contributed by atoms with Crippen LogP contribution in [-0.2, 0) is 11.8 Å². The number of rotatable bonds is 5. The zero-order valence-corrected chi connectivity index (χ0v) is 13.8. The summed E-state index contributed by atoms with van der Waals surface area (Å²) < 4.78 is 0. The third-order valence-electron chi connectivity index (χ3n) is 5.02. The second-order valence-corrected chi connectivity index (χ2v) is 6.90. The van der Waals surface area contributed by atoms with Crippen LogP contribution in [0, 0.1) is 0 Å². The number of hydrogen-bond donors (Lipinski definition) is 1. The molecule has 0 radical (unpaired) electrons. The van der Waals surface area contributed by atoms with E-state index < -0.39 is 0 Å². The Kier molecular flexibility index (Phi) is 5.26. The first-order valence-electron chi connectivity index (χ1n) is 8.45. The lowest BCUT2D eigenvalue weighted by Crippen LogP contribution is -2.23. The Morgan fingerprint density at radius 2 is 2.00 bits per heavy atom. The van der Waals surface area contributed by atoms with Crippen LogP contribution in [-0.4, -0.2) is 6.54 Å². The number of benzene rings is 1. The van der Waals surface area contributed by atoms with Crippen LogP contribution in [0.25, 0.3) is 0 Å². The molecular weight excluding hydrogens is 242 g/mol. The van der Waals surface area contributed by atoms with Crippen molar-refractivity contribution >= 4 is 0 Å². The fourth-order valence-electron chi connectivity index (χ4n) is 3.12. The summed E-state index contributed by atoms with van der Waals surface area (Å²) in [6, 6.07) is 7.83. The standard InChI is InChI=1S/C19H31N/c1-5-13-20-18-10-8-7-9-15-11-12-16(14-17(15)18)19(3,4)6-2/h11-12,14,18,20H,5-10,13H2,1-4H3. The molecule has 2 rings (SSSR count). The second kappa shape index (κ2) is 6.76. The van der Waals surface area contributed by atoms with E-state index in [1.807, 2.05) is 0 Å². The zero-order chi connectivity index (χ0) is 14.6. The van der Waals surface area contributed by atoms with Crippen molar-refractivity contribution in [3.8, 4) is 0 Å². The van der Waals surface area contributed by atoms with Gasteiger partial charge in [-0.25, -0.2) is 0 Å². The van der Waals surface area contributed by atoms with E-state index in [-0.39, 0.29) is 5.41 Å². The van der Waals surface area contributed by atoms with E-state index in [4.69, 9.17) is 0 Å². The average molecular weight is 273 g/mol. The molecular formula is C19H31N. The Labute approximate surface area is 125 Å². The summed E-state index contributed by atoms with van der Waals surface area (Å²) in [5.41, 5.74) is 4.95. The SMILES string of the molecule is CCCNC1CCCCc2ccc(C(C)(C)CC)cc21. The van der Waals surface area contributed by atoms with Gasteiger partial charge in [-0.1, -0.05) is 52.3 Å². The maximum absolute atomic E-state index is 3.76. The Balaban J connectivity index is 2.34. The van der Waals surface area contributed by atoms with Crippen LogP contribution < -0.4 is 5.32 Å². The maximum atomic E-state index is 3.76. The molecule has 1 aromatic rings. The molecule has 1 atom stereocenters. The van der Waals surface area contributed by atoms with Crippen LogP contribution in [0.2, 0.25) is 0 Å². The first-order valence-corrected chi connectivity index (χ1v) is 8.45. The molecule has 0 aromatic heterocycles. The predicted molar refractivity (Wildman–Crippen MR) is 88.3 cm³/mol. The highest BCUT2D eigenvalue weighted by Gasteiger charge is 2.23. The van der Waals surface area contributed by atoms with Crippen molar-refractivity contribution in [3.05, 3.63) is 34.9 Å². The zero-order valence-electron chi connectivity index (χ0n) is 13.8. The molecule has 1 N–H and O–H groups in total. The molecule has 0 spiro atoms. The van der Waals surface area contributed by atoms with Gasteiger partial charge in [-0.15, -0.1) is 0 Å². The number of fused-ring (bicyclic) bond motifs is 1. The van der Waals surface area contributed by atoms with Gasteiger partial charge in [0.15, 0.2) is 0 Å². The molecule has 0 saturated carbocycles. The molecule has 1 nitrogen and oxygen atoms in total. The minimum atomic E-state index is 0.288. The van der Waals surface area contributed by atoms with Crippen molar-refractivity contribution < 1.29 is 0 Å². The quantitative estimate of drug-likeness (QED) is 0.732. The van der Waals surface area contributed by atoms with Gasteiger partial charge in [0.1, 0.15) is 0 Å². The summed E-state index contributed by atoms with van der Waals surface area (Å²) in [6.45, 7) is 10.4. The predicted octanol–water partition coefficient (Wildman–Crippen LogP) is 5.14. The molecule has 0 saturated heterocycles. The molecule has 1 aliphatic carbocycles. The van der Waals surface area contributed by atoms with Gasteiger partial charge < -0.3 is 5.32 Å². The third kappa shape index (κ3) is 3.44. The second-order valence-electron chi connectivity index (χ2n) is 6.90. The van der Waals surface area contributed by atoms with E-state index in [0.717, 1.165) is 6.54 Å². The molecule has 1 aromatic carbocycles. The molecule has 0 bridgehead atoms. The molecule has 112 valence electrons. The van der Waals surface area contributed by atoms with E-state index in [1.165, 1.54) is 44.1 Å². The number of nitrogens with one attached hydrogen (secondary N) is 1. The summed E-state index contributed by atoms with van der Waals surface area (Å²) in [5, 5.41) is 3.76. The molecule has 0 amide bonds. The lowest BCUT2D eigenvalue weighted by atomic mass is 9.80. The van der Waals surface area contributed by atoms with E-state index in [2.05, 4.69) is 51.2 Å². The summed E-state index contributed by atoms with van der Waals surface area (Å²) >= 11 is 0. The van der Waals surface area contributed by atoms with Gasteiger partial charge in [-0.2, -0.15) is 0 Å². The van der Waals surface area contributed by atoms with Gasteiger partial charge in [0.2, 0.25) is 0 Å². The molecule has 0 fully saturated rings. The minimum Gasteiger partial charge on any atom is -0.310 e. The van der Waals surface area contributed by atoms with Crippen molar-refractivity contribution in [1.82, 2.24) is 5.32 Å². The van der Waals surface area contributed by atoms with Crippen LogP contribution >= 0.6 is 0 Å². The fourth-order valence-corrected chi connectivity index (χ4v) is 3.12. The lowest BCUT2D eigenvalue weighted by molar-refractivity contribution is 0.483. The van der Waals surface area contributed by atoms with Gasteiger partial charge in [0.25, 0.3) is 0 Å². The van der Waals surface area contributed by atoms with Gasteiger partial charge in [-0.05, 0) is 60.8 Å². The van der Waals surface area contributed by atoms with E-state index in [0.29, 0.717) is 6.04 Å². The Morgan fingerprint density at radius 1 is 1.20 bits per heavy atom. The van der Waals surface area contributed by atoms with Gasteiger partial charge in [0, 0.05) is 6.04 Å². The molecule has 1 aliphatic rings.